The molecule has 2 heterocycles. The van der Waals surface area contributed by atoms with Crippen LogP contribution in [0.25, 0.3) is 11.0 Å². The topological polar surface area (TPSA) is 105 Å². The van der Waals surface area contributed by atoms with Crippen molar-refractivity contribution in [3.8, 4) is 0 Å². The van der Waals surface area contributed by atoms with Crippen LogP contribution in [0.3, 0.4) is 0 Å². The Hall–Kier alpha value is -2.49. The number of sulfonamides is 1. The van der Waals surface area contributed by atoms with Gasteiger partial charge in [0, 0.05) is 23.8 Å². The number of hydrogen-bond donors (Lipinski definition) is 1. The van der Waals surface area contributed by atoms with Crippen LogP contribution in [0, 0.1) is 12.8 Å². The molecular formula is C19H19ClN4O4S. The second-order valence-electron chi connectivity index (χ2n) is 7.04. The van der Waals surface area contributed by atoms with Gasteiger partial charge < -0.3 is 5.32 Å². The van der Waals surface area contributed by atoms with Gasteiger partial charge in [-0.2, -0.15) is 4.31 Å². The molecule has 10 heteroatoms. The smallest absolute Gasteiger partial charge is 0.245 e. The molecule has 0 bridgehead atoms. The molecule has 29 heavy (non-hydrogen) atoms. The maximum Gasteiger partial charge on any atom is 0.245 e. The van der Waals surface area contributed by atoms with E-state index in [1.54, 1.807) is 24.3 Å². The monoisotopic (exact) mass is 434 g/mol. The Morgan fingerprint density at radius 2 is 2.10 bits per heavy atom. The number of aryl methyl sites for hydroxylation is 1. The van der Waals surface area contributed by atoms with E-state index >= 15 is 0 Å². The molecule has 1 aliphatic rings. The molecule has 4 rings (SSSR count). The van der Waals surface area contributed by atoms with Crippen LogP contribution in [0.1, 0.15) is 18.4 Å². The number of rotatable bonds is 4. The summed E-state index contributed by atoms with van der Waals surface area (Å²) in [5.74, 6) is -0.695. The van der Waals surface area contributed by atoms with Crippen LogP contribution in [0.4, 0.5) is 5.69 Å². The lowest BCUT2D eigenvalue weighted by atomic mass is 9.98. The summed E-state index contributed by atoms with van der Waals surface area (Å²) in [7, 11) is -3.84. The van der Waals surface area contributed by atoms with Crippen LogP contribution in [-0.4, -0.2) is 42.0 Å². The fourth-order valence-electron chi connectivity index (χ4n) is 3.42. The maximum absolute atomic E-state index is 13.2. The second-order valence-corrected chi connectivity index (χ2v) is 9.36. The Morgan fingerprint density at radius 1 is 1.28 bits per heavy atom. The Bertz CT molecular complexity index is 1180. The van der Waals surface area contributed by atoms with E-state index in [1.165, 1.54) is 10.4 Å². The van der Waals surface area contributed by atoms with Crippen LogP contribution in [0.2, 0.25) is 5.02 Å². The average molecular weight is 435 g/mol. The van der Waals surface area contributed by atoms with Gasteiger partial charge in [0.1, 0.15) is 10.4 Å². The summed E-state index contributed by atoms with van der Waals surface area (Å²) in [5.41, 5.74) is 2.06. The lowest BCUT2D eigenvalue weighted by molar-refractivity contribution is -0.120. The molecule has 0 spiro atoms. The molecule has 1 saturated heterocycles. The molecule has 0 unspecified atom stereocenters. The quantitative estimate of drug-likeness (QED) is 0.675. The van der Waals surface area contributed by atoms with Crippen LogP contribution >= 0.6 is 11.6 Å². The van der Waals surface area contributed by atoms with Gasteiger partial charge in [0.05, 0.1) is 5.92 Å². The number of hydrogen-bond acceptors (Lipinski definition) is 6. The summed E-state index contributed by atoms with van der Waals surface area (Å²) in [5, 5.41) is 10.8. The van der Waals surface area contributed by atoms with Gasteiger partial charge in [-0.25, -0.2) is 13.0 Å². The normalized spacial score (nSPS) is 18.1. The molecule has 1 N–H and O–H groups in total. The fraction of sp³-hybridized carbons (Fsp3) is 0.316. The number of amides is 1. The minimum Gasteiger partial charge on any atom is -0.326 e. The maximum atomic E-state index is 13.2. The Labute approximate surface area is 172 Å². The third-order valence-corrected chi connectivity index (χ3v) is 7.37. The molecule has 152 valence electrons. The zero-order valence-corrected chi connectivity index (χ0v) is 17.2. The first-order valence-corrected chi connectivity index (χ1v) is 11.0. The number of nitrogens with zero attached hydrogens (tertiary/aromatic N) is 3. The first-order valence-electron chi connectivity index (χ1n) is 9.15. The zero-order chi connectivity index (χ0) is 20.6. The van der Waals surface area contributed by atoms with Crippen molar-refractivity contribution in [2.75, 3.05) is 18.4 Å². The Kier molecular flexibility index (Phi) is 5.28. The van der Waals surface area contributed by atoms with Crippen LogP contribution in [-0.2, 0) is 14.8 Å². The van der Waals surface area contributed by atoms with Gasteiger partial charge in [0.25, 0.3) is 0 Å². The van der Waals surface area contributed by atoms with Gasteiger partial charge in [-0.05, 0) is 59.9 Å². The third kappa shape index (κ3) is 3.85. The van der Waals surface area contributed by atoms with Crippen LogP contribution in [0.15, 0.2) is 45.9 Å². The molecule has 8 nitrogen and oxygen atoms in total. The summed E-state index contributed by atoms with van der Waals surface area (Å²) in [6.45, 7) is 2.31. The van der Waals surface area contributed by atoms with Gasteiger partial charge in [0.2, 0.25) is 15.9 Å². The van der Waals surface area contributed by atoms with Crippen LogP contribution in [0.5, 0.6) is 0 Å². The predicted molar refractivity (Wildman–Crippen MR) is 108 cm³/mol. The molecule has 3 aromatic rings. The molecule has 1 amide bonds. The number of halogens is 1. The van der Waals surface area contributed by atoms with Gasteiger partial charge >= 0.3 is 0 Å². The van der Waals surface area contributed by atoms with E-state index < -0.39 is 15.9 Å². The predicted octanol–water partition coefficient (Wildman–Crippen LogP) is 3.22. The molecule has 2 aromatic carbocycles. The largest absolute Gasteiger partial charge is 0.326 e. The van der Waals surface area contributed by atoms with Crippen molar-refractivity contribution in [3.05, 3.63) is 47.0 Å². The minimum atomic E-state index is -3.84. The van der Waals surface area contributed by atoms with E-state index in [-0.39, 0.29) is 22.9 Å². The van der Waals surface area contributed by atoms with E-state index in [4.69, 9.17) is 11.6 Å². The highest BCUT2D eigenvalue weighted by molar-refractivity contribution is 7.89. The molecular weight excluding hydrogens is 416 g/mol. The summed E-state index contributed by atoms with van der Waals surface area (Å²) < 4.78 is 32.3. The molecule has 0 radical (unpaired) electrons. The van der Waals surface area contributed by atoms with Crippen molar-refractivity contribution in [1.82, 2.24) is 14.6 Å². The lowest BCUT2D eigenvalue weighted by Crippen LogP contribution is -2.43. The summed E-state index contributed by atoms with van der Waals surface area (Å²) in [6.07, 6.45) is 1.19. The number of fused-ring (bicyclic) bond motifs is 1. The van der Waals surface area contributed by atoms with Crippen molar-refractivity contribution >= 4 is 44.3 Å². The van der Waals surface area contributed by atoms with E-state index in [2.05, 4.69) is 20.3 Å². The van der Waals surface area contributed by atoms with Crippen molar-refractivity contribution in [2.24, 2.45) is 5.92 Å². The average Bonchev–Trinajstić information content (AvgIpc) is 3.19. The number of piperidine rings is 1. The number of nitrogens with one attached hydrogen (secondary N) is 1. The van der Waals surface area contributed by atoms with Crippen molar-refractivity contribution in [2.45, 2.75) is 24.7 Å². The zero-order valence-electron chi connectivity index (χ0n) is 15.6. The highest BCUT2D eigenvalue weighted by Gasteiger charge is 2.35. The molecule has 1 atom stereocenters. The van der Waals surface area contributed by atoms with Gasteiger partial charge in [0.15, 0.2) is 5.52 Å². The van der Waals surface area contributed by atoms with E-state index in [9.17, 15) is 13.2 Å². The standard InChI is InChI=1S/C19H19ClN4O4S/c1-12-7-8-14(10-15(12)20)21-19(25)13-4-3-9-24(11-13)29(26,27)17-6-2-5-16-18(17)23-28-22-16/h2,5-8,10,13H,3-4,9,11H2,1H3,(H,21,25)/t13-/m1/s1. The fourth-order valence-corrected chi connectivity index (χ4v) is 5.26. The van der Waals surface area contributed by atoms with Crippen molar-refractivity contribution < 1.29 is 17.8 Å². The van der Waals surface area contributed by atoms with Crippen LogP contribution < -0.4 is 5.32 Å². The van der Waals surface area contributed by atoms with Crippen molar-refractivity contribution in [1.29, 1.82) is 0 Å². The molecule has 0 saturated carbocycles. The number of anilines is 1. The molecule has 0 aliphatic carbocycles. The minimum absolute atomic E-state index is 0.0302. The van der Waals surface area contributed by atoms with Crippen molar-refractivity contribution in [3.63, 3.8) is 0 Å². The summed E-state index contributed by atoms with van der Waals surface area (Å²) in [4.78, 5) is 12.8. The van der Waals surface area contributed by atoms with E-state index in [0.717, 1.165) is 5.56 Å². The first kappa shape index (κ1) is 19.8. The lowest BCUT2D eigenvalue weighted by Gasteiger charge is -2.31. The summed E-state index contributed by atoms with van der Waals surface area (Å²) >= 11 is 6.11. The SMILES string of the molecule is Cc1ccc(NC(=O)[C@@H]2CCCN(S(=O)(=O)c3cccc4nonc34)C2)cc1Cl. The van der Waals surface area contributed by atoms with E-state index in [1.807, 2.05) is 13.0 Å². The Morgan fingerprint density at radius 3 is 2.90 bits per heavy atom. The summed E-state index contributed by atoms with van der Waals surface area (Å²) in [6, 6.07) is 9.97. The molecule has 1 fully saturated rings. The number of carbonyl (C=O) groups excluding carboxylic acids is 1. The van der Waals surface area contributed by atoms with Gasteiger partial charge in [-0.1, -0.05) is 23.7 Å². The molecule has 1 aromatic heterocycles. The highest BCUT2D eigenvalue weighted by atomic mass is 35.5. The van der Waals surface area contributed by atoms with Gasteiger partial charge in [-0.15, -0.1) is 0 Å². The Balaban J connectivity index is 1.53. The number of carbonyl (C=O) groups is 1. The van der Waals surface area contributed by atoms with E-state index in [0.29, 0.717) is 35.6 Å². The second kappa shape index (κ2) is 7.74. The number of aromatic nitrogens is 2. The first-order chi connectivity index (χ1) is 13.9. The molecule has 1 aliphatic heterocycles. The van der Waals surface area contributed by atoms with Gasteiger partial charge in [-0.3, -0.25) is 4.79 Å². The third-order valence-electron chi connectivity index (χ3n) is 5.06. The highest BCUT2D eigenvalue weighted by Crippen LogP contribution is 2.28. The number of benzene rings is 2.